The van der Waals surface area contributed by atoms with Gasteiger partial charge in [-0.3, -0.25) is 19.7 Å². The Hall–Kier alpha value is -4.27. The van der Waals surface area contributed by atoms with Crippen LogP contribution in [0.1, 0.15) is 29.6 Å². The molecule has 1 atom stereocenters. The molecule has 3 aromatic rings. The Balaban J connectivity index is 1.45. The van der Waals surface area contributed by atoms with E-state index in [2.05, 4.69) is 15.4 Å². The largest absolute Gasteiger partial charge is 0.361 e. The van der Waals surface area contributed by atoms with Gasteiger partial charge in [0.1, 0.15) is 6.04 Å². The Kier molecular flexibility index (Phi) is 8.03. The van der Waals surface area contributed by atoms with Crippen LogP contribution in [0.3, 0.4) is 0 Å². The zero-order chi connectivity index (χ0) is 30.2. The number of hydrazone groups is 1. The summed E-state index contributed by atoms with van der Waals surface area (Å²) in [6.07, 6.45) is 2.78. The van der Waals surface area contributed by atoms with Gasteiger partial charge in [0.25, 0.3) is 11.6 Å². The van der Waals surface area contributed by atoms with Crippen molar-refractivity contribution in [2.45, 2.75) is 36.2 Å². The Labute approximate surface area is 250 Å². The van der Waals surface area contributed by atoms with Crippen molar-refractivity contribution in [2.24, 2.45) is 5.10 Å². The van der Waals surface area contributed by atoms with Crippen LogP contribution in [-0.2, 0) is 19.1 Å². The van der Waals surface area contributed by atoms with Crippen LogP contribution >= 0.6 is 23.2 Å². The van der Waals surface area contributed by atoms with Crippen LogP contribution in [0.15, 0.2) is 70.8 Å². The van der Waals surface area contributed by atoms with Crippen LogP contribution in [-0.4, -0.2) is 60.1 Å². The first-order chi connectivity index (χ1) is 20.0. The number of nitrogens with zero attached hydrogens (tertiary/aromatic N) is 5. The van der Waals surface area contributed by atoms with E-state index in [0.29, 0.717) is 5.02 Å². The number of pyridine rings is 1. The minimum Gasteiger partial charge on any atom is -0.361 e. The number of nitro benzene ring substituents is 1. The summed E-state index contributed by atoms with van der Waals surface area (Å²) in [7, 11) is -3.06. The highest BCUT2D eigenvalue weighted by Crippen LogP contribution is 2.33. The summed E-state index contributed by atoms with van der Waals surface area (Å²) in [5, 5.41) is 19.8. The maximum atomic E-state index is 13.7. The molecule has 2 aliphatic rings. The lowest BCUT2D eigenvalue weighted by molar-refractivity contribution is -0.387. The van der Waals surface area contributed by atoms with Gasteiger partial charge >= 0.3 is 10.1 Å². The van der Waals surface area contributed by atoms with Gasteiger partial charge in [-0.05, 0) is 49.2 Å². The van der Waals surface area contributed by atoms with Crippen molar-refractivity contribution >= 4 is 68.2 Å². The van der Waals surface area contributed by atoms with Crippen molar-refractivity contribution in [2.75, 3.05) is 17.4 Å². The summed E-state index contributed by atoms with van der Waals surface area (Å²) >= 11 is 12.5. The van der Waals surface area contributed by atoms with Gasteiger partial charge in [0.05, 0.1) is 27.6 Å². The molecule has 2 aromatic carbocycles. The number of halogens is 2. The monoisotopic (exact) mass is 632 g/mol. The van der Waals surface area contributed by atoms with E-state index in [-0.39, 0.29) is 40.5 Å². The third-order valence-electron chi connectivity index (χ3n) is 6.56. The normalized spacial score (nSPS) is 16.5. The van der Waals surface area contributed by atoms with Gasteiger partial charge in [-0.1, -0.05) is 35.3 Å². The lowest BCUT2D eigenvalue weighted by Gasteiger charge is -2.23. The zero-order valence-electron chi connectivity index (χ0n) is 21.8. The molecule has 1 saturated carbocycles. The quantitative estimate of drug-likeness (QED) is 0.214. The summed E-state index contributed by atoms with van der Waals surface area (Å²) < 4.78 is 31.3. The predicted octanol–water partition coefficient (Wildman–Crippen LogP) is 4.47. The summed E-state index contributed by atoms with van der Waals surface area (Å²) in [6.45, 7) is 0. The molecule has 1 fully saturated rings. The molecule has 2 heterocycles. The molecule has 1 unspecified atom stereocenters. The second kappa shape index (κ2) is 11.5. The number of para-hydroxylation sites is 1. The van der Waals surface area contributed by atoms with Crippen molar-refractivity contribution in [3.05, 3.63) is 86.5 Å². The van der Waals surface area contributed by atoms with Crippen molar-refractivity contribution in [3.63, 3.8) is 0 Å². The topological polar surface area (TPSA) is 164 Å². The number of nitro groups is 1. The Morgan fingerprint density at radius 3 is 2.57 bits per heavy atom. The molecule has 218 valence electrons. The lowest BCUT2D eigenvalue weighted by atomic mass is 10.1. The van der Waals surface area contributed by atoms with Crippen LogP contribution < -0.4 is 10.3 Å². The first-order valence-corrected chi connectivity index (χ1v) is 14.7. The standard InChI is InChI=1S/C26H22Cl2N6O7S/c1-32(16-9-10-16)26(36)17-13-15(27)8-11-19(17)30-25(35)21-14-23(31-33(21)24-18(28)5-4-12-29-24)41-42(39,40)22-7-3-2-6-20(22)34(37)38/h2-8,11-13,16,21H,9-10,14H2,1H3,(H,30,35). The van der Waals surface area contributed by atoms with Gasteiger partial charge < -0.3 is 14.4 Å². The maximum Gasteiger partial charge on any atom is 0.347 e. The first-order valence-electron chi connectivity index (χ1n) is 12.5. The van der Waals surface area contributed by atoms with E-state index in [4.69, 9.17) is 27.4 Å². The van der Waals surface area contributed by atoms with Gasteiger partial charge in [-0.25, -0.2) is 9.99 Å². The molecule has 1 N–H and O–H groups in total. The third-order valence-corrected chi connectivity index (χ3v) is 8.39. The number of carbonyl (C=O) groups is 2. The van der Waals surface area contributed by atoms with Crippen molar-refractivity contribution in [1.29, 1.82) is 0 Å². The number of carbonyl (C=O) groups excluding carboxylic acids is 2. The van der Waals surface area contributed by atoms with Crippen molar-refractivity contribution in [3.8, 4) is 0 Å². The predicted molar refractivity (Wildman–Crippen MR) is 154 cm³/mol. The van der Waals surface area contributed by atoms with Crippen LogP contribution in [0.4, 0.5) is 17.2 Å². The number of hydrogen-bond acceptors (Lipinski definition) is 10. The van der Waals surface area contributed by atoms with Crippen LogP contribution in [0, 0.1) is 10.1 Å². The van der Waals surface area contributed by atoms with Crippen molar-refractivity contribution in [1.82, 2.24) is 9.88 Å². The van der Waals surface area contributed by atoms with Crippen molar-refractivity contribution < 1.29 is 27.1 Å². The number of nitrogens with one attached hydrogen (secondary N) is 1. The molecule has 1 aliphatic carbocycles. The molecule has 42 heavy (non-hydrogen) atoms. The molecule has 0 radical (unpaired) electrons. The van der Waals surface area contributed by atoms with Gasteiger partial charge in [0.2, 0.25) is 11.8 Å². The second-order valence-corrected chi connectivity index (χ2v) is 11.8. The van der Waals surface area contributed by atoms with E-state index in [0.717, 1.165) is 30.0 Å². The van der Waals surface area contributed by atoms with E-state index < -0.39 is 43.5 Å². The van der Waals surface area contributed by atoms with Gasteiger partial charge in [0.15, 0.2) is 10.7 Å². The fourth-order valence-electron chi connectivity index (χ4n) is 4.30. The molecular weight excluding hydrogens is 611 g/mol. The SMILES string of the molecule is CN(C(=O)c1cc(Cl)ccc1NC(=O)C1CC(OS(=O)(=O)c2ccccc2[N+](=O)[O-])=NN1c1ncccc1Cl)C1CC1. The smallest absolute Gasteiger partial charge is 0.347 e. The minimum atomic E-state index is -4.73. The number of benzene rings is 2. The van der Waals surface area contributed by atoms with E-state index in [9.17, 15) is 28.1 Å². The molecule has 0 spiro atoms. The second-order valence-electron chi connectivity index (χ2n) is 9.46. The van der Waals surface area contributed by atoms with Crippen LogP contribution in [0.5, 0.6) is 0 Å². The van der Waals surface area contributed by atoms with E-state index in [1.54, 1.807) is 18.0 Å². The summed E-state index contributed by atoms with van der Waals surface area (Å²) in [6, 6.07) is 11.0. The zero-order valence-corrected chi connectivity index (χ0v) is 24.1. The average Bonchev–Trinajstić information content (AvgIpc) is 3.73. The maximum absolute atomic E-state index is 13.7. The molecule has 13 nitrogen and oxygen atoms in total. The van der Waals surface area contributed by atoms with Gasteiger partial charge in [0, 0.05) is 30.4 Å². The van der Waals surface area contributed by atoms with Crippen LogP contribution in [0.25, 0.3) is 0 Å². The first kappa shape index (κ1) is 29.2. The Morgan fingerprint density at radius 1 is 1.14 bits per heavy atom. The van der Waals surface area contributed by atoms with Crippen LogP contribution in [0.2, 0.25) is 10.0 Å². The van der Waals surface area contributed by atoms with E-state index in [1.165, 1.54) is 42.6 Å². The van der Waals surface area contributed by atoms with E-state index >= 15 is 0 Å². The number of rotatable bonds is 8. The van der Waals surface area contributed by atoms with Gasteiger partial charge in [-0.2, -0.15) is 8.42 Å². The molecule has 1 aliphatic heterocycles. The highest BCUT2D eigenvalue weighted by atomic mass is 35.5. The third kappa shape index (κ3) is 6.00. The number of aromatic nitrogens is 1. The molecule has 0 saturated heterocycles. The summed E-state index contributed by atoms with van der Waals surface area (Å²) in [5.41, 5.74) is -0.344. The summed E-state index contributed by atoms with van der Waals surface area (Å²) in [4.78, 5) is 42.5. The molecule has 0 bridgehead atoms. The fraction of sp³-hybridized carbons (Fsp3) is 0.231. The van der Waals surface area contributed by atoms with Gasteiger partial charge in [-0.15, -0.1) is 5.10 Å². The lowest BCUT2D eigenvalue weighted by Crippen LogP contribution is -2.39. The number of amides is 2. The Bertz CT molecular complexity index is 1730. The highest BCUT2D eigenvalue weighted by Gasteiger charge is 2.40. The molecule has 1 aromatic heterocycles. The average molecular weight is 633 g/mol. The molecule has 16 heteroatoms. The summed E-state index contributed by atoms with van der Waals surface area (Å²) in [5.74, 6) is -1.42. The fourth-order valence-corrected chi connectivity index (χ4v) is 5.77. The highest BCUT2D eigenvalue weighted by molar-refractivity contribution is 7.87. The minimum absolute atomic E-state index is 0.0295. The number of hydrogen-bond donors (Lipinski definition) is 1. The van der Waals surface area contributed by atoms with E-state index in [1.807, 2.05) is 0 Å². The molecule has 2 amide bonds. The number of anilines is 2. The molecule has 5 rings (SSSR count). The Morgan fingerprint density at radius 2 is 1.88 bits per heavy atom. The molecular formula is C26H22Cl2N6O7S.